The minimum Gasteiger partial charge on any atom is -0.386 e. The first kappa shape index (κ1) is 20.2. The molecule has 1 spiro atoms. The number of hydrogen-bond donors (Lipinski definition) is 2. The van der Waals surface area contributed by atoms with Crippen molar-refractivity contribution in [2.45, 2.75) is 82.8 Å². The van der Waals surface area contributed by atoms with E-state index in [1.165, 1.54) is 18.6 Å². The summed E-state index contributed by atoms with van der Waals surface area (Å²) in [6.45, 7) is 8.93. The van der Waals surface area contributed by atoms with Gasteiger partial charge in [-0.3, -0.25) is 4.79 Å². The van der Waals surface area contributed by atoms with Crippen LogP contribution in [-0.4, -0.2) is 22.2 Å². The normalized spacial score (nSPS) is 44.9. The van der Waals surface area contributed by atoms with E-state index in [1.54, 1.807) is 12.1 Å². The van der Waals surface area contributed by atoms with Crippen molar-refractivity contribution in [1.29, 1.82) is 0 Å². The summed E-state index contributed by atoms with van der Waals surface area (Å²) in [7, 11) is 0. The second-order valence-electron chi connectivity index (χ2n) is 11.3. The molecule has 4 saturated carbocycles. The lowest BCUT2D eigenvalue weighted by Gasteiger charge is -2.64. The van der Waals surface area contributed by atoms with Crippen LogP contribution in [0.3, 0.4) is 0 Å². The highest BCUT2D eigenvalue weighted by molar-refractivity contribution is 5.94. The number of fused-ring (bicyclic) bond motifs is 3. The molecule has 162 valence electrons. The molecule has 0 unspecified atom stereocenters. The predicted molar refractivity (Wildman–Crippen MR) is 115 cm³/mol. The Morgan fingerprint density at radius 2 is 1.80 bits per heavy atom. The zero-order chi connectivity index (χ0) is 21.4. The van der Waals surface area contributed by atoms with Crippen molar-refractivity contribution in [3.8, 4) is 0 Å². The molecule has 30 heavy (non-hydrogen) atoms. The molecule has 0 saturated heterocycles. The Kier molecular flexibility index (Phi) is 4.33. The number of rotatable bonds is 2. The second-order valence-corrected chi connectivity index (χ2v) is 11.3. The quantitative estimate of drug-likeness (QED) is 0.641. The zero-order valence-corrected chi connectivity index (χ0v) is 18.3. The SMILES string of the molecule is C=C1C[C@@]23CC[C@H]4[C@@](C)(CCC[C@@]4(C)NC(=O)c4ccc(F)cc4)[C@@H]2CC[C@]1(O)C3. The van der Waals surface area contributed by atoms with Gasteiger partial charge in [0.1, 0.15) is 5.82 Å². The maximum Gasteiger partial charge on any atom is 0.251 e. The first-order valence-corrected chi connectivity index (χ1v) is 11.6. The van der Waals surface area contributed by atoms with Gasteiger partial charge in [-0.05, 0) is 111 Å². The van der Waals surface area contributed by atoms with Gasteiger partial charge in [0.25, 0.3) is 5.91 Å². The molecule has 0 aromatic heterocycles. The van der Waals surface area contributed by atoms with Crippen LogP contribution in [0.5, 0.6) is 0 Å². The lowest BCUT2D eigenvalue weighted by atomic mass is 9.42. The first-order chi connectivity index (χ1) is 14.1. The fourth-order valence-electron chi connectivity index (χ4n) is 8.43. The summed E-state index contributed by atoms with van der Waals surface area (Å²) in [6.07, 6.45) is 9.21. The van der Waals surface area contributed by atoms with Gasteiger partial charge in [-0.1, -0.05) is 19.9 Å². The lowest BCUT2D eigenvalue weighted by Crippen LogP contribution is -2.64. The monoisotopic (exact) mass is 411 g/mol. The number of halogens is 1. The average Bonchev–Trinajstić information content (AvgIpc) is 2.85. The molecular weight excluding hydrogens is 377 g/mol. The maximum atomic E-state index is 13.3. The Morgan fingerprint density at radius 1 is 1.10 bits per heavy atom. The third-order valence-corrected chi connectivity index (χ3v) is 9.66. The Labute approximate surface area is 179 Å². The molecule has 4 heteroatoms. The number of carbonyl (C=O) groups excluding carboxylic acids is 1. The molecule has 3 nitrogen and oxygen atoms in total. The highest BCUT2D eigenvalue weighted by Crippen LogP contribution is 2.71. The maximum absolute atomic E-state index is 13.3. The first-order valence-electron chi connectivity index (χ1n) is 11.6. The Bertz CT molecular complexity index is 897. The summed E-state index contributed by atoms with van der Waals surface area (Å²) in [5, 5.41) is 14.5. The Morgan fingerprint density at radius 3 is 2.53 bits per heavy atom. The zero-order valence-electron chi connectivity index (χ0n) is 18.3. The van der Waals surface area contributed by atoms with Crippen LogP contribution in [0, 0.1) is 28.5 Å². The van der Waals surface area contributed by atoms with Gasteiger partial charge in [0, 0.05) is 11.1 Å². The van der Waals surface area contributed by atoms with Crippen LogP contribution in [0.1, 0.15) is 82.0 Å². The molecule has 4 aliphatic carbocycles. The van der Waals surface area contributed by atoms with Crippen LogP contribution in [0.15, 0.2) is 36.4 Å². The summed E-state index contributed by atoms with van der Waals surface area (Å²) in [6, 6.07) is 5.83. The molecule has 0 aliphatic heterocycles. The standard InChI is InChI=1S/C26H34FNO2/c1-17-15-25-13-9-20-23(2,21(25)10-14-26(17,30)16-25)11-4-12-24(20,3)28-22(29)18-5-7-19(27)8-6-18/h5-8,20-21,30H,1,4,9-16H2,2-3H3,(H,28,29)/t20-,21-,23+,24+,25+,26-/m0/s1. The third kappa shape index (κ3) is 2.75. The molecule has 1 aromatic rings. The van der Waals surface area contributed by atoms with Gasteiger partial charge in [-0.15, -0.1) is 0 Å². The molecule has 2 N–H and O–H groups in total. The molecular formula is C26H34FNO2. The minimum absolute atomic E-state index is 0.102. The number of amides is 1. The van der Waals surface area contributed by atoms with Crippen molar-refractivity contribution in [2.75, 3.05) is 0 Å². The van der Waals surface area contributed by atoms with Crippen molar-refractivity contribution in [3.63, 3.8) is 0 Å². The molecule has 5 rings (SSSR count). The van der Waals surface area contributed by atoms with Crippen molar-refractivity contribution in [1.82, 2.24) is 5.32 Å². The van der Waals surface area contributed by atoms with E-state index >= 15 is 0 Å². The fourth-order valence-corrected chi connectivity index (χ4v) is 8.43. The van der Waals surface area contributed by atoms with Crippen LogP contribution in [0.2, 0.25) is 0 Å². The van der Waals surface area contributed by atoms with Gasteiger partial charge in [0.05, 0.1) is 5.60 Å². The summed E-state index contributed by atoms with van der Waals surface area (Å²) < 4.78 is 13.3. The van der Waals surface area contributed by atoms with Crippen LogP contribution >= 0.6 is 0 Å². The number of nitrogens with one attached hydrogen (secondary N) is 1. The van der Waals surface area contributed by atoms with Gasteiger partial charge >= 0.3 is 0 Å². The molecule has 0 heterocycles. The summed E-state index contributed by atoms with van der Waals surface area (Å²) in [4.78, 5) is 13.0. The molecule has 4 aliphatic rings. The van der Waals surface area contributed by atoms with Crippen LogP contribution in [-0.2, 0) is 0 Å². The predicted octanol–water partition coefficient (Wildman–Crippen LogP) is 5.39. The summed E-state index contributed by atoms with van der Waals surface area (Å²) in [5.74, 6) is 0.565. The van der Waals surface area contributed by atoms with E-state index in [0.29, 0.717) is 17.4 Å². The van der Waals surface area contributed by atoms with Crippen molar-refractivity contribution >= 4 is 5.91 Å². The van der Waals surface area contributed by atoms with E-state index in [-0.39, 0.29) is 28.1 Å². The van der Waals surface area contributed by atoms with E-state index < -0.39 is 5.60 Å². The Hall–Kier alpha value is -1.68. The molecule has 2 bridgehead atoms. The van der Waals surface area contributed by atoms with Gasteiger partial charge in [0.15, 0.2) is 0 Å². The largest absolute Gasteiger partial charge is 0.386 e. The molecule has 4 fully saturated rings. The lowest BCUT2D eigenvalue weighted by molar-refractivity contribution is -0.148. The number of benzene rings is 1. The average molecular weight is 412 g/mol. The van der Waals surface area contributed by atoms with Crippen molar-refractivity contribution < 1.29 is 14.3 Å². The molecule has 1 aromatic carbocycles. The van der Waals surface area contributed by atoms with Gasteiger partial charge < -0.3 is 10.4 Å². The molecule has 6 atom stereocenters. The van der Waals surface area contributed by atoms with Crippen molar-refractivity contribution in [2.24, 2.45) is 22.7 Å². The van der Waals surface area contributed by atoms with E-state index in [2.05, 4.69) is 25.7 Å². The topological polar surface area (TPSA) is 49.3 Å². The summed E-state index contributed by atoms with van der Waals surface area (Å²) in [5.41, 5.74) is 1.02. The van der Waals surface area contributed by atoms with Crippen LogP contribution in [0.25, 0.3) is 0 Å². The van der Waals surface area contributed by atoms with Gasteiger partial charge in [-0.25, -0.2) is 4.39 Å². The second kappa shape index (κ2) is 6.41. The highest BCUT2D eigenvalue weighted by Gasteiger charge is 2.66. The van der Waals surface area contributed by atoms with Gasteiger partial charge in [0.2, 0.25) is 0 Å². The minimum atomic E-state index is -0.644. The number of carbonyl (C=O) groups is 1. The van der Waals surface area contributed by atoms with E-state index in [9.17, 15) is 14.3 Å². The molecule has 0 radical (unpaired) electrons. The smallest absolute Gasteiger partial charge is 0.251 e. The fraction of sp³-hybridized carbons (Fsp3) is 0.654. The third-order valence-electron chi connectivity index (χ3n) is 9.66. The van der Waals surface area contributed by atoms with E-state index in [4.69, 9.17) is 0 Å². The number of hydrogen-bond acceptors (Lipinski definition) is 2. The van der Waals surface area contributed by atoms with Gasteiger partial charge in [-0.2, -0.15) is 0 Å². The van der Waals surface area contributed by atoms with Crippen LogP contribution in [0.4, 0.5) is 4.39 Å². The molecule has 1 amide bonds. The Balaban J connectivity index is 1.43. The summed E-state index contributed by atoms with van der Waals surface area (Å²) >= 11 is 0. The highest BCUT2D eigenvalue weighted by atomic mass is 19.1. The van der Waals surface area contributed by atoms with Crippen LogP contribution < -0.4 is 5.32 Å². The van der Waals surface area contributed by atoms with E-state index in [0.717, 1.165) is 56.9 Å². The van der Waals surface area contributed by atoms with Crippen molar-refractivity contribution in [3.05, 3.63) is 47.8 Å². The van der Waals surface area contributed by atoms with E-state index in [1.807, 2.05) is 0 Å². The number of aliphatic hydroxyl groups is 1.